The van der Waals surface area contributed by atoms with E-state index in [9.17, 15) is 9.18 Å². The van der Waals surface area contributed by atoms with Gasteiger partial charge in [-0.15, -0.1) is 12.4 Å². The number of carbonyl (C=O) groups is 1. The van der Waals surface area contributed by atoms with Crippen LogP contribution in [0.3, 0.4) is 0 Å². The molecule has 156 valence electrons. The lowest BCUT2D eigenvalue weighted by Crippen LogP contribution is -2.33. The molecule has 3 aromatic rings. The Labute approximate surface area is 181 Å². The quantitative estimate of drug-likeness (QED) is 0.697. The second-order valence-corrected chi connectivity index (χ2v) is 7.88. The minimum Gasteiger partial charge on any atom is -0.335 e. The number of hydrogen-bond donors (Lipinski definition) is 1. The molecule has 1 saturated heterocycles. The van der Waals surface area contributed by atoms with E-state index in [2.05, 4.69) is 17.2 Å². The highest BCUT2D eigenvalue weighted by atomic mass is 35.5. The summed E-state index contributed by atoms with van der Waals surface area (Å²) in [6, 6.07) is 16.5. The van der Waals surface area contributed by atoms with Gasteiger partial charge in [0.15, 0.2) is 5.69 Å². The van der Waals surface area contributed by atoms with Crippen molar-refractivity contribution < 1.29 is 9.18 Å². The molecule has 2 aromatic carbocycles. The third-order valence-electron chi connectivity index (χ3n) is 6.09. The molecule has 1 fully saturated rings. The number of likely N-dealkylation sites (tertiary alicyclic amines) is 1. The number of hydrogen-bond acceptors (Lipinski definition) is 3. The van der Waals surface area contributed by atoms with Crippen LogP contribution in [0.4, 0.5) is 4.39 Å². The van der Waals surface area contributed by atoms with Crippen LogP contribution in [-0.4, -0.2) is 39.7 Å². The van der Waals surface area contributed by atoms with Crippen LogP contribution in [0.2, 0.25) is 0 Å². The van der Waals surface area contributed by atoms with Crippen LogP contribution in [-0.2, 0) is 12.8 Å². The summed E-state index contributed by atoms with van der Waals surface area (Å²) in [4.78, 5) is 15.2. The van der Waals surface area contributed by atoms with Crippen molar-refractivity contribution in [2.45, 2.75) is 31.2 Å². The Bertz CT molecular complexity index is 1070. The van der Waals surface area contributed by atoms with Gasteiger partial charge in [-0.25, -0.2) is 9.07 Å². The summed E-state index contributed by atoms with van der Waals surface area (Å²) in [5.41, 5.74) is 10.3. The van der Waals surface area contributed by atoms with Crippen molar-refractivity contribution in [3.63, 3.8) is 0 Å². The van der Waals surface area contributed by atoms with Gasteiger partial charge in [0.1, 0.15) is 11.5 Å². The maximum Gasteiger partial charge on any atom is 0.274 e. The van der Waals surface area contributed by atoms with E-state index in [1.54, 1.807) is 27.8 Å². The van der Waals surface area contributed by atoms with E-state index in [0.717, 1.165) is 36.1 Å². The first-order valence-electron chi connectivity index (χ1n) is 10.1. The second kappa shape index (κ2) is 8.20. The predicted molar refractivity (Wildman–Crippen MR) is 116 cm³/mol. The Morgan fingerprint density at radius 1 is 1.03 bits per heavy atom. The van der Waals surface area contributed by atoms with Gasteiger partial charge < -0.3 is 10.6 Å². The standard InChI is InChI=1S/C23H23FN4O.ClH/c24-18-10-4-5-11-21(18)28-20-12-6-9-16(20)22(26-28)23(29)27-13-17(19(25)14-27)15-7-2-1-3-8-15;/h1-5,7-8,10-11,17,19H,6,9,12-14,25H2;1H/t17-,19+;/m0./s1. The van der Waals surface area contributed by atoms with Crippen molar-refractivity contribution in [3.05, 3.63) is 82.9 Å². The van der Waals surface area contributed by atoms with Gasteiger partial charge in [-0.05, 0) is 37.0 Å². The molecule has 30 heavy (non-hydrogen) atoms. The van der Waals surface area contributed by atoms with Gasteiger partial charge in [0.2, 0.25) is 0 Å². The van der Waals surface area contributed by atoms with Crippen LogP contribution in [0.5, 0.6) is 0 Å². The number of amides is 1. The van der Waals surface area contributed by atoms with E-state index < -0.39 is 0 Å². The zero-order valence-corrected chi connectivity index (χ0v) is 17.3. The van der Waals surface area contributed by atoms with Crippen LogP contribution in [0.1, 0.15) is 39.6 Å². The zero-order chi connectivity index (χ0) is 20.0. The first-order chi connectivity index (χ1) is 14.1. The highest BCUT2D eigenvalue weighted by molar-refractivity contribution is 5.94. The first-order valence-corrected chi connectivity index (χ1v) is 10.1. The van der Waals surface area contributed by atoms with Crippen molar-refractivity contribution in [1.29, 1.82) is 0 Å². The Morgan fingerprint density at radius 3 is 2.53 bits per heavy atom. The Morgan fingerprint density at radius 2 is 1.77 bits per heavy atom. The number of benzene rings is 2. The van der Waals surface area contributed by atoms with Gasteiger partial charge in [0, 0.05) is 36.3 Å². The van der Waals surface area contributed by atoms with Crippen LogP contribution < -0.4 is 5.73 Å². The van der Waals surface area contributed by atoms with Gasteiger partial charge in [-0.3, -0.25) is 4.79 Å². The molecule has 1 aromatic heterocycles. The molecule has 0 spiro atoms. The Hall–Kier alpha value is -2.70. The molecule has 0 bridgehead atoms. The first kappa shape index (κ1) is 20.6. The molecule has 1 aliphatic carbocycles. The molecule has 2 aliphatic rings. The van der Waals surface area contributed by atoms with Crippen LogP contribution in [0.15, 0.2) is 54.6 Å². The van der Waals surface area contributed by atoms with Crippen molar-refractivity contribution in [2.75, 3.05) is 13.1 Å². The molecule has 0 radical (unpaired) electrons. The lowest BCUT2D eigenvalue weighted by atomic mass is 9.95. The summed E-state index contributed by atoms with van der Waals surface area (Å²) in [6.07, 6.45) is 2.55. The topological polar surface area (TPSA) is 64.2 Å². The Balaban J connectivity index is 0.00000218. The Kier molecular flexibility index (Phi) is 5.62. The van der Waals surface area contributed by atoms with E-state index in [0.29, 0.717) is 24.5 Å². The number of nitrogens with zero attached hydrogens (tertiary/aromatic N) is 3. The smallest absolute Gasteiger partial charge is 0.274 e. The molecule has 7 heteroatoms. The van der Waals surface area contributed by atoms with E-state index in [-0.39, 0.29) is 36.1 Å². The molecule has 1 amide bonds. The maximum absolute atomic E-state index is 14.4. The van der Waals surface area contributed by atoms with Gasteiger partial charge >= 0.3 is 0 Å². The molecule has 1 aliphatic heterocycles. The van der Waals surface area contributed by atoms with Gasteiger partial charge in [-0.1, -0.05) is 42.5 Å². The van der Waals surface area contributed by atoms with Crippen molar-refractivity contribution in [2.24, 2.45) is 5.73 Å². The number of para-hydroxylation sites is 1. The fourth-order valence-electron chi connectivity index (χ4n) is 4.63. The summed E-state index contributed by atoms with van der Waals surface area (Å²) >= 11 is 0. The van der Waals surface area contributed by atoms with Crippen LogP contribution >= 0.6 is 12.4 Å². The number of nitrogens with two attached hydrogens (primary N) is 1. The molecule has 2 heterocycles. The van der Waals surface area contributed by atoms with E-state index >= 15 is 0 Å². The zero-order valence-electron chi connectivity index (χ0n) is 16.5. The predicted octanol–water partition coefficient (Wildman–Crippen LogP) is 3.49. The minimum atomic E-state index is -0.337. The normalized spacial score (nSPS) is 20.1. The van der Waals surface area contributed by atoms with Gasteiger partial charge in [0.05, 0.1) is 0 Å². The number of halogens is 2. The largest absolute Gasteiger partial charge is 0.335 e. The highest BCUT2D eigenvalue weighted by Crippen LogP contribution is 2.32. The monoisotopic (exact) mass is 426 g/mol. The van der Waals surface area contributed by atoms with Crippen molar-refractivity contribution in [1.82, 2.24) is 14.7 Å². The third kappa shape index (κ3) is 3.40. The number of aromatic nitrogens is 2. The van der Waals surface area contributed by atoms with E-state index in [1.165, 1.54) is 6.07 Å². The molecule has 5 nitrogen and oxygen atoms in total. The number of carbonyl (C=O) groups excluding carboxylic acids is 1. The average Bonchev–Trinajstić information content (AvgIpc) is 3.44. The molecule has 0 saturated carbocycles. The number of fused-ring (bicyclic) bond motifs is 1. The maximum atomic E-state index is 14.4. The number of rotatable bonds is 3. The van der Waals surface area contributed by atoms with Crippen LogP contribution in [0, 0.1) is 5.82 Å². The molecule has 2 N–H and O–H groups in total. The molecule has 5 rings (SSSR count). The summed E-state index contributed by atoms with van der Waals surface area (Å²) in [5.74, 6) is -0.329. The average molecular weight is 427 g/mol. The molecular formula is C23H24ClFN4O. The van der Waals surface area contributed by atoms with Gasteiger partial charge in [-0.2, -0.15) is 5.10 Å². The summed E-state index contributed by atoms with van der Waals surface area (Å²) < 4.78 is 16.0. The van der Waals surface area contributed by atoms with Crippen LogP contribution in [0.25, 0.3) is 5.69 Å². The van der Waals surface area contributed by atoms with E-state index in [1.807, 2.05) is 18.2 Å². The summed E-state index contributed by atoms with van der Waals surface area (Å²) in [7, 11) is 0. The third-order valence-corrected chi connectivity index (χ3v) is 6.09. The second-order valence-electron chi connectivity index (χ2n) is 7.88. The van der Waals surface area contributed by atoms with Gasteiger partial charge in [0.25, 0.3) is 5.91 Å². The molecular weight excluding hydrogens is 403 g/mol. The fraction of sp³-hybridized carbons (Fsp3) is 0.304. The SMILES string of the molecule is Cl.N[C@@H]1CN(C(=O)c2nn(-c3ccccc3F)c3c2CCC3)C[C@H]1c1ccccc1. The van der Waals surface area contributed by atoms with E-state index in [4.69, 9.17) is 5.73 Å². The molecule has 2 atom stereocenters. The molecule has 0 unspecified atom stereocenters. The van der Waals surface area contributed by atoms with Crippen molar-refractivity contribution in [3.8, 4) is 5.69 Å². The minimum absolute atomic E-state index is 0. The lowest BCUT2D eigenvalue weighted by molar-refractivity contribution is 0.0781. The highest BCUT2D eigenvalue weighted by Gasteiger charge is 2.37. The fourth-order valence-corrected chi connectivity index (χ4v) is 4.63. The summed E-state index contributed by atoms with van der Waals surface area (Å²) in [5, 5.41) is 4.57. The lowest BCUT2D eigenvalue weighted by Gasteiger charge is -2.16. The summed E-state index contributed by atoms with van der Waals surface area (Å²) in [6.45, 7) is 1.07. The van der Waals surface area contributed by atoms with Crippen molar-refractivity contribution >= 4 is 18.3 Å².